The predicted octanol–water partition coefficient (Wildman–Crippen LogP) is 4.79. The van der Waals surface area contributed by atoms with Crippen LogP contribution in [0.3, 0.4) is 0 Å². The largest absolute Gasteiger partial charge is 0.440 e. The number of para-hydroxylation sites is 1. The van der Waals surface area contributed by atoms with Crippen LogP contribution in [0, 0.1) is 0 Å². The average Bonchev–Trinajstić information content (AvgIpc) is 3.38. The van der Waals surface area contributed by atoms with Crippen molar-refractivity contribution in [1.29, 1.82) is 0 Å². The molecule has 4 aromatic rings. The van der Waals surface area contributed by atoms with Gasteiger partial charge < -0.3 is 19.4 Å². The molecule has 1 atom stereocenters. The van der Waals surface area contributed by atoms with E-state index in [2.05, 4.69) is 32.0 Å². The third kappa shape index (κ3) is 4.49. The number of nitrogens with zero attached hydrogens (tertiary/aromatic N) is 4. The summed E-state index contributed by atoms with van der Waals surface area (Å²) in [6, 6.07) is 15.7. The molecule has 2 aromatic heterocycles. The number of benzene rings is 2. The Bertz CT molecular complexity index is 1110. The molecule has 30 heavy (non-hydrogen) atoms. The summed E-state index contributed by atoms with van der Waals surface area (Å²) in [5, 5.41) is 23.0. The number of hydrogen-bond acceptors (Lipinski definition) is 7. The number of aromatic nitrogens is 4. The number of hydrogen-bond donors (Lipinski definition) is 2. The maximum absolute atomic E-state index is 10.0. The van der Waals surface area contributed by atoms with Crippen LogP contribution in [-0.2, 0) is 18.8 Å². The van der Waals surface area contributed by atoms with Gasteiger partial charge in [-0.15, -0.1) is 10.2 Å². The van der Waals surface area contributed by atoms with Crippen LogP contribution >= 0.6 is 11.8 Å². The van der Waals surface area contributed by atoms with Crippen LogP contribution < -0.4 is 5.32 Å². The Morgan fingerprint density at radius 1 is 1.13 bits per heavy atom. The first-order valence-electron chi connectivity index (χ1n) is 10.1. The van der Waals surface area contributed by atoms with Gasteiger partial charge in [0.15, 0.2) is 16.6 Å². The summed E-state index contributed by atoms with van der Waals surface area (Å²) in [6.07, 6.45) is 0.190. The van der Waals surface area contributed by atoms with Gasteiger partial charge in [-0.2, -0.15) is 0 Å². The van der Waals surface area contributed by atoms with E-state index in [1.807, 2.05) is 55.5 Å². The van der Waals surface area contributed by atoms with Gasteiger partial charge in [-0.3, -0.25) is 0 Å². The molecule has 0 aliphatic rings. The van der Waals surface area contributed by atoms with Crippen LogP contribution in [0.15, 0.2) is 58.1 Å². The molecule has 156 valence electrons. The fourth-order valence-corrected chi connectivity index (χ4v) is 4.10. The molecule has 0 fully saturated rings. The summed E-state index contributed by atoms with van der Waals surface area (Å²) in [7, 11) is 0. The molecule has 0 saturated heterocycles. The molecule has 2 heterocycles. The maximum Gasteiger partial charge on any atom is 0.205 e. The SMILES string of the molecule is CCC(O)c1ccc2oc(CSc3nnc(CNc4ccccc4)n3CC)nc2c1. The van der Waals surface area contributed by atoms with E-state index >= 15 is 0 Å². The highest BCUT2D eigenvalue weighted by molar-refractivity contribution is 7.98. The van der Waals surface area contributed by atoms with Crippen molar-refractivity contribution >= 4 is 28.5 Å². The molecule has 7 nitrogen and oxygen atoms in total. The fourth-order valence-electron chi connectivity index (χ4n) is 3.23. The molecule has 4 rings (SSSR count). The maximum atomic E-state index is 10.0. The van der Waals surface area contributed by atoms with Crippen molar-refractivity contribution in [1.82, 2.24) is 19.7 Å². The molecular formula is C22H25N5O2S. The van der Waals surface area contributed by atoms with Crippen LogP contribution in [0.5, 0.6) is 0 Å². The molecule has 1 unspecified atom stereocenters. The van der Waals surface area contributed by atoms with Crippen LogP contribution in [0.1, 0.15) is 43.7 Å². The fraction of sp³-hybridized carbons (Fsp3) is 0.318. The second-order valence-corrected chi connectivity index (χ2v) is 7.85. The quantitative estimate of drug-likeness (QED) is 0.374. The van der Waals surface area contributed by atoms with Gasteiger partial charge in [0.1, 0.15) is 5.52 Å². The number of rotatable bonds is 9. The molecule has 8 heteroatoms. The highest BCUT2D eigenvalue weighted by Crippen LogP contribution is 2.26. The van der Waals surface area contributed by atoms with Crippen LogP contribution in [-0.4, -0.2) is 24.9 Å². The normalized spacial score (nSPS) is 12.4. The smallest absolute Gasteiger partial charge is 0.205 e. The van der Waals surface area contributed by atoms with E-state index in [-0.39, 0.29) is 0 Å². The number of thioether (sulfide) groups is 1. The van der Waals surface area contributed by atoms with Gasteiger partial charge >= 0.3 is 0 Å². The Labute approximate surface area is 179 Å². The standard InChI is InChI=1S/C22H25N5O2S/c1-3-18(28)15-10-11-19-17(12-15)24-21(29-19)14-30-22-26-25-20(27(22)4-2)13-23-16-8-6-5-7-9-16/h5-12,18,23,28H,3-4,13-14H2,1-2H3. The average molecular weight is 424 g/mol. The molecule has 0 bridgehead atoms. The molecule has 0 radical (unpaired) electrons. The van der Waals surface area contributed by atoms with E-state index in [4.69, 9.17) is 4.42 Å². The van der Waals surface area contributed by atoms with Gasteiger partial charge in [0.25, 0.3) is 0 Å². The molecule has 0 aliphatic carbocycles. The lowest BCUT2D eigenvalue weighted by molar-refractivity contribution is 0.174. The van der Waals surface area contributed by atoms with E-state index in [0.717, 1.165) is 39.9 Å². The van der Waals surface area contributed by atoms with Crippen molar-refractivity contribution in [3.05, 3.63) is 65.8 Å². The summed E-state index contributed by atoms with van der Waals surface area (Å²) in [6.45, 7) is 5.43. The van der Waals surface area contributed by atoms with Gasteiger partial charge in [0.05, 0.1) is 18.4 Å². The summed E-state index contributed by atoms with van der Waals surface area (Å²) < 4.78 is 7.96. The van der Waals surface area contributed by atoms with Gasteiger partial charge in [-0.05, 0) is 43.2 Å². The van der Waals surface area contributed by atoms with Crippen LogP contribution in [0.2, 0.25) is 0 Å². The molecule has 2 aromatic carbocycles. The summed E-state index contributed by atoms with van der Waals surface area (Å²) >= 11 is 1.55. The van der Waals surface area contributed by atoms with Crippen molar-refractivity contribution in [2.45, 2.75) is 50.4 Å². The van der Waals surface area contributed by atoms with E-state index in [1.165, 1.54) is 0 Å². The zero-order chi connectivity index (χ0) is 20.9. The van der Waals surface area contributed by atoms with Gasteiger partial charge in [0.2, 0.25) is 5.89 Å². The highest BCUT2D eigenvalue weighted by atomic mass is 32.2. The predicted molar refractivity (Wildman–Crippen MR) is 118 cm³/mol. The summed E-state index contributed by atoms with van der Waals surface area (Å²) in [5.41, 5.74) is 3.40. The van der Waals surface area contributed by atoms with Crippen LogP contribution in [0.4, 0.5) is 5.69 Å². The Morgan fingerprint density at radius 3 is 2.73 bits per heavy atom. The second-order valence-electron chi connectivity index (χ2n) is 6.91. The van der Waals surface area contributed by atoms with E-state index in [9.17, 15) is 5.11 Å². The van der Waals surface area contributed by atoms with Crippen molar-refractivity contribution < 1.29 is 9.52 Å². The van der Waals surface area contributed by atoms with Crippen molar-refractivity contribution in [3.8, 4) is 0 Å². The number of aliphatic hydroxyl groups is 1. The minimum absolute atomic E-state index is 0.477. The minimum Gasteiger partial charge on any atom is -0.440 e. The Morgan fingerprint density at radius 2 is 1.97 bits per heavy atom. The number of anilines is 1. The van der Waals surface area contributed by atoms with E-state index in [0.29, 0.717) is 24.6 Å². The lowest BCUT2D eigenvalue weighted by Gasteiger charge is -2.08. The molecular weight excluding hydrogens is 398 g/mol. The van der Waals surface area contributed by atoms with Crippen molar-refractivity contribution in [2.24, 2.45) is 0 Å². The molecule has 0 amide bonds. The third-order valence-electron chi connectivity index (χ3n) is 4.89. The van der Waals surface area contributed by atoms with Crippen LogP contribution in [0.25, 0.3) is 11.1 Å². The van der Waals surface area contributed by atoms with E-state index in [1.54, 1.807) is 11.8 Å². The minimum atomic E-state index is -0.477. The topological polar surface area (TPSA) is 89.0 Å². The Kier molecular flexibility index (Phi) is 6.35. The zero-order valence-electron chi connectivity index (χ0n) is 17.1. The third-order valence-corrected chi connectivity index (χ3v) is 5.84. The number of aliphatic hydroxyl groups excluding tert-OH is 1. The van der Waals surface area contributed by atoms with Crippen molar-refractivity contribution in [2.75, 3.05) is 5.32 Å². The van der Waals surface area contributed by atoms with Crippen molar-refractivity contribution in [3.63, 3.8) is 0 Å². The summed E-state index contributed by atoms with van der Waals surface area (Å²) in [5.74, 6) is 2.08. The highest BCUT2D eigenvalue weighted by Gasteiger charge is 2.14. The summed E-state index contributed by atoms with van der Waals surface area (Å²) in [4.78, 5) is 4.58. The second kappa shape index (κ2) is 9.32. The first-order chi connectivity index (χ1) is 14.7. The lowest BCUT2D eigenvalue weighted by Crippen LogP contribution is -2.08. The monoisotopic (exact) mass is 423 g/mol. The van der Waals surface area contributed by atoms with Gasteiger partial charge in [-0.25, -0.2) is 4.98 Å². The van der Waals surface area contributed by atoms with Gasteiger partial charge in [-0.1, -0.05) is 43.0 Å². The Balaban J connectivity index is 1.43. The zero-order valence-corrected chi connectivity index (χ0v) is 17.9. The Hall–Kier alpha value is -2.84. The number of fused-ring (bicyclic) bond motifs is 1. The molecule has 0 spiro atoms. The number of oxazole rings is 1. The molecule has 2 N–H and O–H groups in total. The molecule has 0 saturated carbocycles. The first-order valence-corrected chi connectivity index (χ1v) is 11.1. The first kappa shape index (κ1) is 20.4. The van der Waals surface area contributed by atoms with E-state index < -0.39 is 6.10 Å². The lowest BCUT2D eigenvalue weighted by atomic mass is 10.1. The number of nitrogens with one attached hydrogen (secondary N) is 1. The van der Waals surface area contributed by atoms with Gasteiger partial charge in [0, 0.05) is 12.2 Å². The molecule has 0 aliphatic heterocycles.